The Labute approximate surface area is 159 Å². The van der Waals surface area contributed by atoms with Gasteiger partial charge < -0.3 is 5.32 Å². The largest absolute Gasteiger partial charge is 0.321 e. The fourth-order valence-corrected chi connectivity index (χ4v) is 3.67. The number of nitrogens with zero attached hydrogens (tertiary/aromatic N) is 1. The number of thiophene rings is 1. The summed E-state index contributed by atoms with van der Waals surface area (Å²) < 4.78 is 13.8. The Morgan fingerprint density at radius 3 is 2.85 bits per heavy atom. The number of H-pyrrole nitrogens is 1. The highest BCUT2D eigenvalue weighted by Crippen LogP contribution is 2.24. The highest BCUT2D eigenvalue weighted by atomic mass is 32.1. The molecule has 0 radical (unpaired) electrons. The third-order valence-corrected chi connectivity index (χ3v) is 5.27. The van der Waals surface area contributed by atoms with E-state index in [1.54, 1.807) is 6.07 Å². The van der Waals surface area contributed by atoms with Crippen LogP contribution in [-0.4, -0.2) is 16.1 Å². The van der Waals surface area contributed by atoms with E-state index < -0.39 is 5.82 Å². The third-order valence-electron chi connectivity index (χ3n) is 4.25. The minimum atomic E-state index is -0.407. The number of benzene rings is 2. The van der Waals surface area contributed by atoms with Crippen LogP contribution in [0.25, 0.3) is 23.1 Å². The van der Waals surface area contributed by atoms with Gasteiger partial charge in [0.25, 0.3) is 5.91 Å². The number of carbonyl (C=O) groups is 1. The van der Waals surface area contributed by atoms with Gasteiger partial charge in [0.2, 0.25) is 0 Å². The van der Waals surface area contributed by atoms with Crippen molar-refractivity contribution in [2.75, 3.05) is 5.32 Å². The Hall–Kier alpha value is -3.25. The predicted octanol–water partition coefficient (Wildman–Crippen LogP) is 5.49. The van der Waals surface area contributed by atoms with Gasteiger partial charge in [-0.3, -0.25) is 9.89 Å². The zero-order valence-corrected chi connectivity index (χ0v) is 15.3. The molecule has 0 aliphatic carbocycles. The second kappa shape index (κ2) is 7.17. The molecule has 4 nitrogen and oxygen atoms in total. The molecule has 2 aromatic carbocycles. The van der Waals surface area contributed by atoms with Crippen LogP contribution in [-0.2, 0) is 0 Å². The smallest absolute Gasteiger partial charge is 0.266 e. The van der Waals surface area contributed by atoms with Crippen LogP contribution >= 0.6 is 11.3 Å². The Morgan fingerprint density at radius 1 is 1.19 bits per heavy atom. The average Bonchev–Trinajstić information content (AvgIpc) is 3.27. The first-order valence-electron chi connectivity index (χ1n) is 8.38. The van der Waals surface area contributed by atoms with Crippen molar-refractivity contribution in [3.63, 3.8) is 0 Å². The van der Waals surface area contributed by atoms with Crippen molar-refractivity contribution in [2.24, 2.45) is 0 Å². The summed E-state index contributed by atoms with van der Waals surface area (Å²) in [5.41, 5.74) is 3.74. The van der Waals surface area contributed by atoms with Crippen LogP contribution in [0.3, 0.4) is 0 Å². The van der Waals surface area contributed by atoms with Gasteiger partial charge in [-0.15, -0.1) is 11.3 Å². The van der Waals surface area contributed by atoms with Gasteiger partial charge in [-0.05, 0) is 59.8 Å². The van der Waals surface area contributed by atoms with E-state index in [1.165, 1.54) is 23.5 Å². The number of carbonyl (C=O) groups excluding carboxylic acids is 1. The monoisotopic (exact) mass is 377 g/mol. The van der Waals surface area contributed by atoms with Crippen LogP contribution in [0.5, 0.6) is 0 Å². The Morgan fingerprint density at radius 2 is 2.04 bits per heavy atom. The summed E-state index contributed by atoms with van der Waals surface area (Å²) in [5.74, 6) is -0.649. The van der Waals surface area contributed by atoms with Crippen molar-refractivity contribution in [3.8, 4) is 0 Å². The molecule has 134 valence electrons. The maximum atomic E-state index is 13.8. The Kier molecular flexibility index (Phi) is 4.56. The topological polar surface area (TPSA) is 57.8 Å². The second-order valence-corrected chi connectivity index (χ2v) is 7.02. The second-order valence-electron chi connectivity index (χ2n) is 6.11. The minimum Gasteiger partial charge on any atom is -0.321 e. The lowest BCUT2D eigenvalue weighted by molar-refractivity contribution is 0.103. The van der Waals surface area contributed by atoms with E-state index in [1.807, 2.05) is 54.8 Å². The maximum absolute atomic E-state index is 13.8. The number of fused-ring (bicyclic) bond motifs is 1. The molecule has 0 saturated carbocycles. The summed E-state index contributed by atoms with van der Waals surface area (Å²) in [6, 6.07) is 14.0. The number of aryl methyl sites for hydroxylation is 1. The number of aromatic amines is 1. The maximum Gasteiger partial charge on any atom is 0.266 e. The van der Waals surface area contributed by atoms with Gasteiger partial charge in [0.05, 0.1) is 21.8 Å². The summed E-state index contributed by atoms with van der Waals surface area (Å²) >= 11 is 1.36. The molecule has 1 amide bonds. The number of rotatable bonds is 4. The van der Waals surface area contributed by atoms with Crippen LogP contribution in [0.15, 0.2) is 53.9 Å². The van der Waals surface area contributed by atoms with Crippen LogP contribution in [0.4, 0.5) is 10.1 Å². The molecule has 0 bridgehead atoms. The molecule has 2 N–H and O–H groups in total. The number of anilines is 1. The van der Waals surface area contributed by atoms with Gasteiger partial charge in [-0.2, -0.15) is 5.10 Å². The van der Waals surface area contributed by atoms with Crippen molar-refractivity contribution in [1.82, 2.24) is 10.2 Å². The molecule has 0 fully saturated rings. The number of hydrogen-bond acceptors (Lipinski definition) is 3. The number of hydrogen-bond donors (Lipinski definition) is 2. The molecule has 2 heterocycles. The summed E-state index contributed by atoms with van der Waals surface area (Å²) in [7, 11) is 0. The quantitative estimate of drug-likeness (QED) is 0.494. The van der Waals surface area contributed by atoms with E-state index in [-0.39, 0.29) is 5.91 Å². The summed E-state index contributed by atoms with van der Waals surface area (Å²) in [5, 5.41) is 12.9. The summed E-state index contributed by atoms with van der Waals surface area (Å²) in [4.78, 5) is 13.1. The molecule has 2 aromatic heterocycles. The number of amides is 1. The van der Waals surface area contributed by atoms with E-state index in [0.717, 1.165) is 22.2 Å². The van der Waals surface area contributed by atoms with Crippen molar-refractivity contribution < 1.29 is 9.18 Å². The first kappa shape index (κ1) is 17.2. The predicted molar refractivity (Wildman–Crippen MR) is 108 cm³/mol. The molecule has 0 unspecified atom stereocenters. The molecule has 6 heteroatoms. The molecule has 0 saturated heterocycles. The summed E-state index contributed by atoms with van der Waals surface area (Å²) in [6.07, 6.45) is 3.66. The van der Waals surface area contributed by atoms with Gasteiger partial charge >= 0.3 is 0 Å². The highest BCUT2D eigenvalue weighted by Gasteiger charge is 2.13. The van der Waals surface area contributed by atoms with E-state index in [9.17, 15) is 9.18 Å². The molecular weight excluding hydrogens is 361 g/mol. The van der Waals surface area contributed by atoms with Gasteiger partial charge in [0, 0.05) is 5.39 Å². The highest BCUT2D eigenvalue weighted by molar-refractivity contribution is 7.12. The van der Waals surface area contributed by atoms with Crippen molar-refractivity contribution in [2.45, 2.75) is 6.92 Å². The van der Waals surface area contributed by atoms with Crippen molar-refractivity contribution in [3.05, 3.63) is 81.4 Å². The lowest BCUT2D eigenvalue weighted by atomic mass is 10.1. The van der Waals surface area contributed by atoms with E-state index in [4.69, 9.17) is 0 Å². The molecule has 4 rings (SSSR count). The Bertz CT molecular complexity index is 1160. The molecule has 27 heavy (non-hydrogen) atoms. The van der Waals surface area contributed by atoms with Crippen LogP contribution in [0, 0.1) is 12.7 Å². The van der Waals surface area contributed by atoms with E-state index in [2.05, 4.69) is 15.5 Å². The van der Waals surface area contributed by atoms with Crippen LogP contribution in [0.1, 0.15) is 26.5 Å². The van der Waals surface area contributed by atoms with Crippen LogP contribution < -0.4 is 5.32 Å². The van der Waals surface area contributed by atoms with Crippen molar-refractivity contribution in [1.29, 1.82) is 0 Å². The molecular formula is C21H16FN3OS. The van der Waals surface area contributed by atoms with Crippen LogP contribution in [0.2, 0.25) is 0 Å². The Balaban J connectivity index is 1.65. The number of aromatic nitrogens is 2. The molecule has 0 spiro atoms. The summed E-state index contributed by atoms with van der Waals surface area (Å²) in [6.45, 7) is 1.88. The van der Waals surface area contributed by atoms with E-state index >= 15 is 0 Å². The SMILES string of the molecule is Cc1ccsc1C(=O)Nc1cc(F)ccc1C=Cc1n[nH]c2ccccc12. The molecule has 0 aliphatic heterocycles. The van der Waals surface area contributed by atoms with Gasteiger partial charge in [0.15, 0.2) is 0 Å². The fraction of sp³-hybridized carbons (Fsp3) is 0.0476. The van der Waals surface area contributed by atoms with Gasteiger partial charge in [-0.1, -0.05) is 24.3 Å². The number of nitrogens with one attached hydrogen (secondary N) is 2. The molecule has 4 aromatic rings. The lowest BCUT2D eigenvalue weighted by Gasteiger charge is -2.08. The van der Waals surface area contributed by atoms with Crippen molar-refractivity contribution >= 4 is 46.0 Å². The minimum absolute atomic E-state index is 0.243. The van der Waals surface area contributed by atoms with Gasteiger partial charge in [-0.25, -0.2) is 4.39 Å². The normalized spacial score (nSPS) is 11.3. The first-order chi connectivity index (χ1) is 13.1. The molecule has 0 aliphatic rings. The average molecular weight is 377 g/mol. The lowest BCUT2D eigenvalue weighted by Crippen LogP contribution is -2.12. The fourth-order valence-electron chi connectivity index (χ4n) is 2.85. The van der Waals surface area contributed by atoms with E-state index in [0.29, 0.717) is 16.1 Å². The van der Waals surface area contributed by atoms with Gasteiger partial charge in [0.1, 0.15) is 5.82 Å². The number of halogens is 1. The first-order valence-corrected chi connectivity index (χ1v) is 9.26. The zero-order chi connectivity index (χ0) is 18.8. The zero-order valence-electron chi connectivity index (χ0n) is 14.5. The molecule has 0 atom stereocenters. The number of para-hydroxylation sites is 1. The third kappa shape index (κ3) is 3.52. The standard InChI is InChI=1S/C21H16FN3OS/c1-13-10-11-27-20(13)21(26)23-19-12-15(22)8-6-14(19)7-9-18-16-4-2-3-5-17(16)24-25-18/h2-12H,1H3,(H,23,26)(H,24,25).